The molecule has 0 heterocycles. The molecule has 3 nitrogen and oxygen atoms in total. The highest BCUT2D eigenvalue weighted by molar-refractivity contribution is 7.92. The molecule has 0 aromatic heterocycles. The van der Waals surface area contributed by atoms with Crippen LogP contribution in [0.3, 0.4) is 0 Å². The van der Waals surface area contributed by atoms with Crippen molar-refractivity contribution < 1.29 is 13.2 Å². The van der Waals surface area contributed by atoms with Crippen LogP contribution in [0.5, 0.6) is 0 Å². The Morgan fingerprint density at radius 2 is 1.60 bits per heavy atom. The van der Waals surface area contributed by atoms with Gasteiger partial charge in [0.05, 0.1) is 4.90 Å². The molecule has 0 saturated heterocycles. The largest absolute Gasteiger partial charge is 0.293 e. The molecule has 0 N–H and O–H groups in total. The summed E-state index contributed by atoms with van der Waals surface area (Å²) in [5.41, 5.74) is 2.49. The first-order chi connectivity index (χ1) is 9.40. The van der Waals surface area contributed by atoms with Gasteiger partial charge in [-0.25, -0.2) is 8.42 Å². The molecule has 0 radical (unpaired) electrons. The topological polar surface area (TPSA) is 51.2 Å². The number of aryl methyl sites for hydroxylation is 2. The van der Waals surface area contributed by atoms with E-state index in [9.17, 15) is 13.2 Å². The van der Waals surface area contributed by atoms with E-state index >= 15 is 0 Å². The molecule has 0 aliphatic rings. The molecule has 0 amide bonds. The zero-order valence-corrected chi connectivity index (χ0v) is 12.3. The highest BCUT2D eigenvalue weighted by atomic mass is 32.2. The van der Waals surface area contributed by atoms with Gasteiger partial charge in [-0.1, -0.05) is 30.3 Å². The Labute approximate surface area is 119 Å². The first-order valence-electron chi connectivity index (χ1n) is 6.28. The van der Waals surface area contributed by atoms with Crippen molar-refractivity contribution in [3.05, 3.63) is 65.2 Å². The molecule has 0 aliphatic heterocycles. The minimum absolute atomic E-state index is 0.178. The Kier molecular flexibility index (Phi) is 4.04. The molecule has 0 spiro atoms. The third kappa shape index (κ3) is 3.14. The van der Waals surface area contributed by atoms with Crippen LogP contribution in [-0.2, 0) is 9.84 Å². The standard InChI is InChI=1S/C16H16O3S/c1-12-8-9-14(10-13(12)2)16(17)11-20(18,19)15-6-4-3-5-7-15/h3-10H,11H2,1-2H3. The molecule has 0 atom stereocenters. The predicted molar refractivity (Wildman–Crippen MR) is 78.7 cm³/mol. The summed E-state index contributed by atoms with van der Waals surface area (Å²) in [5.74, 6) is -0.878. The number of benzene rings is 2. The van der Waals surface area contributed by atoms with E-state index in [1.807, 2.05) is 19.9 Å². The zero-order valence-electron chi connectivity index (χ0n) is 11.5. The highest BCUT2D eigenvalue weighted by Crippen LogP contribution is 2.15. The van der Waals surface area contributed by atoms with Crippen LogP contribution >= 0.6 is 0 Å². The van der Waals surface area contributed by atoms with Crippen LogP contribution in [0.4, 0.5) is 0 Å². The molecule has 0 fully saturated rings. The van der Waals surface area contributed by atoms with Crippen LogP contribution < -0.4 is 0 Å². The third-order valence-corrected chi connectivity index (χ3v) is 4.88. The van der Waals surface area contributed by atoms with Gasteiger partial charge in [0.25, 0.3) is 0 Å². The van der Waals surface area contributed by atoms with Crippen molar-refractivity contribution in [2.45, 2.75) is 18.7 Å². The number of carbonyl (C=O) groups excluding carboxylic acids is 1. The summed E-state index contributed by atoms with van der Waals surface area (Å²) < 4.78 is 24.3. The predicted octanol–water partition coefficient (Wildman–Crippen LogP) is 2.96. The fourth-order valence-electron chi connectivity index (χ4n) is 1.88. The molecule has 104 valence electrons. The van der Waals surface area contributed by atoms with Crippen molar-refractivity contribution in [1.29, 1.82) is 0 Å². The molecule has 2 aromatic carbocycles. The van der Waals surface area contributed by atoms with Gasteiger partial charge in [-0.15, -0.1) is 0 Å². The molecular formula is C16H16O3S. The van der Waals surface area contributed by atoms with Crippen molar-refractivity contribution in [1.82, 2.24) is 0 Å². The van der Waals surface area contributed by atoms with Crippen molar-refractivity contribution in [2.24, 2.45) is 0 Å². The van der Waals surface area contributed by atoms with Crippen LogP contribution in [-0.4, -0.2) is 20.0 Å². The van der Waals surface area contributed by atoms with Gasteiger partial charge < -0.3 is 0 Å². The number of carbonyl (C=O) groups is 1. The van der Waals surface area contributed by atoms with Gasteiger partial charge in [-0.3, -0.25) is 4.79 Å². The summed E-state index contributed by atoms with van der Waals surface area (Å²) in [6.45, 7) is 3.85. The number of ketones is 1. The van der Waals surface area contributed by atoms with Crippen molar-refractivity contribution in [2.75, 3.05) is 5.75 Å². The third-order valence-electron chi connectivity index (χ3n) is 3.25. The van der Waals surface area contributed by atoms with Gasteiger partial charge in [0.15, 0.2) is 15.6 Å². The minimum atomic E-state index is -3.58. The second kappa shape index (κ2) is 5.59. The molecule has 0 saturated carbocycles. The maximum absolute atomic E-state index is 12.1. The van der Waals surface area contributed by atoms with Gasteiger partial charge in [0.2, 0.25) is 0 Å². The maximum Gasteiger partial charge on any atom is 0.185 e. The fourth-order valence-corrected chi connectivity index (χ4v) is 3.13. The summed E-state index contributed by atoms with van der Waals surface area (Å²) in [4.78, 5) is 12.3. The lowest BCUT2D eigenvalue weighted by atomic mass is 10.0. The van der Waals surface area contributed by atoms with Gasteiger partial charge in [0.1, 0.15) is 5.75 Å². The van der Waals surface area contributed by atoms with Gasteiger partial charge in [-0.05, 0) is 43.2 Å². The molecule has 0 aliphatic carbocycles. The lowest BCUT2D eigenvalue weighted by Gasteiger charge is -2.06. The van der Waals surface area contributed by atoms with Crippen molar-refractivity contribution in [3.63, 3.8) is 0 Å². The van der Waals surface area contributed by atoms with E-state index in [1.54, 1.807) is 30.3 Å². The normalized spacial score (nSPS) is 11.3. The lowest BCUT2D eigenvalue weighted by Crippen LogP contribution is -2.16. The number of hydrogen-bond acceptors (Lipinski definition) is 3. The zero-order chi connectivity index (χ0) is 14.8. The van der Waals surface area contributed by atoms with E-state index in [1.165, 1.54) is 12.1 Å². The summed E-state index contributed by atoms with van der Waals surface area (Å²) in [6.07, 6.45) is 0. The number of Topliss-reactive ketones (excluding diaryl/α,β-unsaturated/α-hetero) is 1. The van der Waals surface area contributed by atoms with E-state index in [0.29, 0.717) is 5.56 Å². The molecule has 0 unspecified atom stereocenters. The van der Waals surface area contributed by atoms with E-state index in [0.717, 1.165) is 11.1 Å². The molecule has 20 heavy (non-hydrogen) atoms. The van der Waals surface area contributed by atoms with Gasteiger partial charge in [-0.2, -0.15) is 0 Å². The van der Waals surface area contributed by atoms with Crippen molar-refractivity contribution in [3.8, 4) is 0 Å². The minimum Gasteiger partial charge on any atom is -0.293 e. The fraction of sp³-hybridized carbons (Fsp3) is 0.188. The maximum atomic E-state index is 12.1. The van der Waals surface area contributed by atoms with Crippen LogP contribution in [0.15, 0.2) is 53.4 Å². The SMILES string of the molecule is Cc1ccc(C(=O)CS(=O)(=O)c2ccccc2)cc1C. The first-order valence-corrected chi connectivity index (χ1v) is 7.93. The number of sulfone groups is 1. The number of hydrogen-bond donors (Lipinski definition) is 0. The van der Waals surface area contributed by atoms with E-state index in [-0.39, 0.29) is 10.7 Å². The van der Waals surface area contributed by atoms with E-state index < -0.39 is 15.6 Å². The highest BCUT2D eigenvalue weighted by Gasteiger charge is 2.20. The van der Waals surface area contributed by atoms with Crippen LogP contribution in [0, 0.1) is 13.8 Å². The summed E-state index contributed by atoms with van der Waals surface area (Å²) >= 11 is 0. The van der Waals surface area contributed by atoms with Crippen LogP contribution in [0.1, 0.15) is 21.5 Å². The lowest BCUT2D eigenvalue weighted by molar-refractivity contribution is 0.102. The first kappa shape index (κ1) is 14.5. The second-order valence-corrected chi connectivity index (χ2v) is 6.78. The molecule has 0 bridgehead atoms. The smallest absolute Gasteiger partial charge is 0.185 e. The Balaban J connectivity index is 2.25. The molecule has 4 heteroatoms. The van der Waals surface area contributed by atoms with E-state index in [4.69, 9.17) is 0 Å². The summed E-state index contributed by atoms with van der Waals surface area (Å²) in [7, 11) is -3.58. The molecule has 2 aromatic rings. The van der Waals surface area contributed by atoms with Crippen molar-refractivity contribution >= 4 is 15.6 Å². The Morgan fingerprint density at radius 1 is 0.950 bits per heavy atom. The summed E-state index contributed by atoms with van der Waals surface area (Å²) in [5, 5.41) is 0. The summed E-state index contributed by atoms with van der Waals surface area (Å²) in [6, 6.07) is 13.3. The average Bonchev–Trinajstić information content (AvgIpc) is 2.42. The monoisotopic (exact) mass is 288 g/mol. The van der Waals surface area contributed by atoms with Crippen LogP contribution in [0.2, 0.25) is 0 Å². The second-order valence-electron chi connectivity index (χ2n) is 4.79. The molecule has 2 rings (SSSR count). The molecular weight excluding hydrogens is 272 g/mol. The van der Waals surface area contributed by atoms with Gasteiger partial charge in [0, 0.05) is 5.56 Å². The average molecular weight is 288 g/mol. The Morgan fingerprint density at radius 3 is 2.20 bits per heavy atom. The van der Waals surface area contributed by atoms with Crippen LogP contribution in [0.25, 0.3) is 0 Å². The van der Waals surface area contributed by atoms with E-state index in [2.05, 4.69) is 0 Å². The quantitative estimate of drug-likeness (QED) is 0.813. The Bertz CT molecular complexity index is 732. The van der Waals surface area contributed by atoms with Gasteiger partial charge >= 0.3 is 0 Å². The number of rotatable bonds is 4. The Hall–Kier alpha value is -1.94.